The van der Waals surface area contributed by atoms with E-state index in [0.717, 1.165) is 43.4 Å². The van der Waals surface area contributed by atoms with Gasteiger partial charge >= 0.3 is 5.92 Å². The van der Waals surface area contributed by atoms with Gasteiger partial charge in [0, 0.05) is 50.4 Å². The minimum absolute atomic E-state index is 0.0219. The van der Waals surface area contributed by atoms with E-state index in [1.54, 1.807) is 25.4 Å². The fourth-order valence-corrected chi connectivity index (χ4v) is 6.25. The van der Waals surface area contributed by atoms with E-state index < -0.39 is 37.2 Å². The number of nitriles is 1. The molecule has 3 aliphatic rings. The summed E-state index contributed by atoms with van der Waals surface area (Å²) in [5.74, 6) is -3.30. The average molecular weight is 681 g/mol. The highest BCUT2D eigenvalue weighted by Gasteiger charge is 2.48. The molecule has 0 radical (unpaired) electrons. The molecule has 3 saturated heterocycles. The van der Waals surface area contributed by atoms with Gasteiger partial charge in [-0.05, 0) is 43.3 Å². The number of ether oxygens (including phenoxy) is 3. The minimum Gasteiger partial charge on any atom is -0.483 e. The monoisotopic (exact) mass is 680 g/mol. The molecule has 49 heavy (non-hydrogen) atoms. The SMILES string of the molecule is COc1nc(Nc2nccc(-c3ccc(OC4CCN(C(=O)[C@@H](O)CO)CC4(F)F)c(C#N)c3)n2)ccc1N1CCN(C2COC2)C[C@H]1C. The molecule has 260 valence electrons. The van der Waals surface area contributed by atoms with E-state index in [0.29, 0.717) is 29.0 Å². The third-order valence-electron chi connectivity index (χ3n) is 9.00. The lowest BCUT2D eigenvalue weighted by atomic mass is 10.0. The van der Waals surface area contributed by atoms with Gasteiger partial charge in [0.2, 0.25) is 11.8 Å². The number of carbonyl (C=O) groups excluding carboxylic acids is 1. The summed E-state index contributed by atoms with van der Waals surface area (Å²) in [6.07, 6.45) is -2.07. The van der Waals surface area contributed by atoms with Crippen LogP contribution in [0.2, 0.25) is 0 Å². The first-order valence-electron chi connectivity index (χ1n) is 16.0. The van der Waals surface area contributed by atoms with Crippen LogP contribution < -0.4 is 19.7 Å². The molecule has 3 N–H and O–H groups in total. The van der Waals surface area contributed by atoms with E-state index in [2.05, 4.69) is 37.0 Å². The molecule has 1 amide bonds. The van der Waals surface area contributed by atoms with E-state index in [9.17, 15) is 23.9 Å². The number of hydrogen-bond acceptors (Lipinski definition) is 13. The number of amides is 1. The fraction of sp³-hybridized carbons (Fsp3) is 0.485. The van der Waals surface area contributed by atoms with Crippen molar-refractivity contribution in [1.29, 1.82) is 5.26 Å². The van der Waals surface area contributed by atoms with Crippen LogP contribution in [-0.4, -0.2) is 131 Å². The van der Waals surface area contributed by atoms with Crippen LogP contribution in [0.4, 0.5) is 26.2 Å². The third-order valence-corrected chi connectivity index (χ3v) is 9.00. The fourth-order valence-electron chi connectivity index (χ4n) is 6.25. The topological polar surface area (TPSA) is 169 Å². The number of anilines is 3. The van der Waals surface area contributed by atoms with Gasteiger partial charge in [0.25, 0.3) is 5.91 Å². The predicted octanol–water partition coefficient (Wildman–Crippen LogP) is 2.04. The Morgan fingerprint density at radius 3 is 2.69 bits per heavy atom. The second-order valence-corrected chi connectivity index (χ2v) is 12.3. The number of piperidine rings is 1. The van der Waals surface area contributed by atoms with Crippen LogP contribution in [0.3, 0.4) is 0 Å². The van der Waals surface area contributed by atoms with Gasteiger partial charge in [-0.2, -0.15) is 10.2 Å². The lowest BCUT2D eigenvalue weighted by molar-refractivity contribution is -0.167. The van der Waals surface area contributed by atoms with Crippen LogP contribution in [0.5, 0.6) is 11.6 Å². The van der Waals surface area contributed by atoms with E-state index >= 15 is 0 Å². The van der Waals surface area contributed by atoms with Crippen LogP contribution in [0.1, 0.15) is 18.9 Å². The van der Waals surface area contributed by atoms with E-state index in [-0.39, 0.29) is 36.3 Å². The van der Waals surface area contributed by atoms with Crippen molar-refractivity contribution in [1.82, 2.24) is 24.8 Å². The highest BCUT2D eigenvalue weighted by Crippen LogP contribution is 2.35. The van der Waals surface area contributed by atoms with Crippen molar-refractivity contribution in [2.75, 3.05) is 69.9 Å². The Morgan fingerprint density at radius 1 is 1.20 bits per heavy atom. The molecule has 2 aromatic heterocycles. The maximum atomic E-state index is 15.0. The molecule has 16 heteroatoms. The molecule has 14 nitrogen and oxygen atoms in total. The maximum absolute atomic E-state index is 15.0. The van der Waals surface area contributed by atoms with Crippen molar-refractivity contribution in [2.24, 2.45) is 0 Å². The lowest BCUT2D eigenvalue weighted by Gasteiger charge is -2.46. The van der Waals surface area contributed by atoms with Gasteiger partial charge in [-0.15, -0.1) is 0 Å². The zero-order valence-corrected chi connectivity index (χ0v) is 27.1. The summed E-state index contributed by atoms with van der Waals surface area (Å²) in [5, 5.41) is 31.5. The summed E-state index contributed by atoms with van der Waals surface area (Å²) in [5.41, 5.74) is 1.91. The Bertz CT molecular complexity index is 1710. The first kappa shape index (κ1) is 34.2. The van der Waals surface area contributed by atoms with Crippen molar-refractivity contribution in [3.8, 4) is 29.0 Å². The first-order valence-corrected chi connectivity index (χ1v) is 16.0. The van der Waals surface area contributed by atoms with Crippen LogP contribution >= 0.6 is 0 Å². The summed E-state index contributed by atoms with van der Waals surface area (Å²) < 4.78 is 46.6. The molecule has 1 unspecified atom stereocenters. The normalized spacial score (nSPS) is 21.7. The summed E-state index contributed by atoms with van der Waals surface area (Å²) in [4.78, 5) is 31.2. The van der Waals surface area contributed by atoms with Gasteiger partial charge in [-0.3, -0.25) is 9.69 Å². The van der Waals surface area contributed by atoms with Crippen LogP contribution in [-0.2, 0) is 9.53 Å². The zero-order valence-electron chi connectivity index (χ0n) is 27.1. The number of piperazine rings is 1. The maximum Gasteiger partial charge on any atom is 0.301 e. The molecular weight excluding hydrogens is 642 g/mol. The van der Waals surface area contributed by atoms with Gasteiger partial charge in [0.15, 0.2) is 12.2 Å². The Morgan fingerprint density at radius 2 is 2.02 bits per heavy atom. The number of rotatable bonds is 10. The smallest absolute Gasteiger partial charge is 0.301 e. The largest absolute Gasteiger partial charge is 0.483 e. The van der Waals surface area contributed by atoms with Gasteiger partial charge < -0.3 is 39.5 Å². The van der Waals surface area contributed by atoms with Crippen LogP contribution in [0, 0.1) is 11.3 Å². The highest BCUT2D eigenvalue weighted by atomic mass is 19.3. The molecule has 0 bridgehead atoms. The summed E-state index contributed by atoms with van der Waals surface area (Å²) in [6.45, 7) is 4.48. The average Bonchev–Trinajstić information content (AvgIpc) is 3.08. The van der Waals surface area contributed by atoms with E-state index in [4.69, 9.17) is 19.3 Å². The standard InChI is InChI=1S/C33H38F2N8O6/c1-20-15-41(23-17-48-18-23)11-12-43(20)25-4-6-29(39-30(25)47-2)40-32-37-9-7-24(38-32)21-3-5-27(22(13-21)14-36)49-28-8-10-42(19-33(28,34)35)31(46)26(45)16-44/h3-7,9,13,20,23,26,28,44-45H,8,10-12,15-19H2,1-2H3,(H,37,38,39,40)/t20-,26+,28?/m1/s1. The number of methoxy groups -OCH3 is 1. The molecule has 3 fully saturated rings. The first-order chi connectivity index (χ1) is 23.6. The molecule has 0 spiro atoms. The predicted molar refractivity (Wildman–Crippen MR) is 173 cm³/mol. The minimum atomic E-state index is -3.46. The third kappa shape index (κ3) is 7.35. The Kier molecular flexibility index (Phi) is 10.1. The summed E-state index contributed by atoms with van der Waals surface area (Å²) >= 11 is 0. The lowest BCUT2D eigenvalue weighted by Crippen LogP contribution is -2.59. The van der Waals surface area contributed by atoms with Crippen molar-refractivity contribution < 1.29 is 38.0 Å². The second kappa shape index (κ2) is 14.4. The zero-order chi connectivity index (χ0) is 34.7. The van der Waals surface area contributed by atoms with Gasteiger partial charge in [0.1, 0.15) is 23.3 Å². The van der Waals surface area contributed by atoms with E-state index in [1.165, 1.54) is 12.1 Å². The van der Waals surface area contributed by atoms with Crippen LogP contribution in [0.15, 0.2) is 42.6 Å². The van der Waals surface area contributed by atoms with Gasteiger partial charge in [-0.25, -0.2) is 18.7 Å². The molecule has 6 rings (SSSR count). The molecular formula is C33H38F2N8O6. The number of aliphatic hydroxyl groups excluding tert-OH is 2. The number of carbonyl (C=O) groups is 1. The molecule has 3 atom stereocenters. The number of likely N-dealkylation sites (tertiary alicyclic amines) is 1. The number of halogens is 2. The van der Waals surface area contributed by atoms with Crippen molar-refractivity contribution in [3.05, 3.63) is 48.2 Å². The summed E-state index contributed by atoms with van der Waals surface area (Å²) in [6, 6.07) is 12.7. The van der Waals surface area contributed by atoms with Gasteiger partial charge in [0.05, 0.1) is 50.8 Å². The quantitative estimate of drug-likeness (QED) is 0.285. The van der Waals surface area contributed by atoms with Crippen molar-refractivity contribution in [2.45, 2.75) is 43.6 Å². The number of benzene rings is 1. The van der Waals surface area contributed by atoms with Crippen LogP contribution in [0.25, 0.3) is 11.3 Å². The Balaban J connectivity index is 1.13. The number of alkyl halides is 2. The molecule has 1 aromatic carbocycles. The van der Waals surface area contributed by atoms with Gasteiger partial charge in [-0.1, -0.05) is 0 Å². The number of nitrogens with one attached hydrogen (secondary N) is 1. The molecule has 0 aliphatic carbocycles. The summed E-state index contributed by atoms with van der Waals surface area (Å²) in [7, 11) is 1.58. The second-order valence-electron chi connectivity index (χ2n) is 12.3. The highest BCUT2D eigenvalue weighted by molar-refractivity contribution is 5.81. The Hall–Kier alpha value is -4.69. The molecule has 3 aliphatic heterocycles. The number of nitrogens with zero attached hydrogens (tertiary/aromatic N) is 7. The molecule has 0 saturated carbocycles. The Labute approximate surface area is 281 Å². The van der Waals surface area contributed by atoms with Crippen molar-refractivity contribution in [3.63, 3.8) is 0 Å². The molecule has 5 heterocycles. The van der Waals surface area contributed by atoms with Crippen molar-refractivity contribution >= 4 is 23.4 Å². The number of aliphatic hydroxyl groups is 2. The number of aromatic nitrogens is 3. The number of hydrogen-bond donors (Lipinski definition) is 3. The number of pyridine rings is 1. The molecule has 3 aromatic rings. The van der Waals surface area contributed by atoms with E-state index in [1.807, 2.05) is 18.2 Å².